The summed E-state index contributed by atoms with van der Waals surface area (Å²) in [6.45, 7) is 4.38. The van der Waals surface area contributed by atoms with Crippen LogP contribution in [0.3, 0.4) is 0 Å². The fourth-order valence-electron chi connectivity index (χ4n) is 0.713. The van der Waals surface area contributed by atoms with E-state index in [4.69, 9.17) is 0 Å². The Labute approximate surface area is 85.1 Å². The standard InChI is InChI=1S/C8H10INS/c1-6(2)11-7-4-3-5-10-8(7)9/h3-6H,1-2H3. The van der Waals surface area contributed by atoms with Gasteiger partial charge in [0.25, 0.3) is 0 Å². The largest absolute Gasteiger partial charge is 0.249 e. The average molecular weight is 279 g/mol. The summed E-state index contributed by atoms with van der Waals surface area (Å²) in [4.78, 5) is 5.48. The summed E-state index contributed by atoms with van der Waals surface area (Å²) >= 11 is 4.12. The van der Waals surface area contributed by atoms with E-state index in [1.54, 1.807) is 0 Å². The van der Waals surface area contributed by atoms with Crippen LogP contribution in [0.4, 0.5) is 0 Å². The lowest BCUT2D eigenvalue weighted by atomic mass is 10.5. The van der Waals surface area contributed by atoms with Gasteiger partial charge in [-0.15, -0.1) is 11.8 Å². The fraction of sp³-hybridized carbons (Fsp3) is 0.375. The Hall–Kier alpha value is 0.230. The van der Waals surface area contributed by atoms with Gasteiger partial charge in [0.15, 0.2) is 0 Å². The van der Waals surface area contributed by atoms with Crippen molar-refractivity contribution in [3.63, 3.8) is 0 Å². The van der Waals surface area contributed by atoms with Crippen LogP contribution >= 0.6 is 34.4 Å². The molecule has 0 bridgehead atoms. The van der Waals surface area contributed by atoms with E-state index >= 15 is 0 Å². The third kappa shape index (κ3) is 2.99. The number of nitrogens with zero attached hydrogens (tertiary/aromatic N) is 1. The van der Waals surface area contributed by atoms with E-state index in [2.05, 4.69) is 47.5 Å². The zero-order chi connectivity index (χ0) is 8.27. The van der Waals surface area contributed by atoms with E-state index in [1.165, 1.54) is 4.90 Å². The Balaban J connectivity index is 2.78. The van der Waals surface area contributed by atoms with Crippen LogP contribution in [0.25, 0.3) is 0 Å². The molecule has 0 N–H and O–H groups in total. The van der Waals surface area contributed by atoms with Gasteiger partial charge in [-0.1, -0.05) is 13.8 Å². The highest BCUT2D eigenvalue weighted by atomic mass is 127. The molecule has 1 rings (SSSR count). The van der Waals surface area contributed by atoms with Gasteiger partial charge in [0, 0.05) is 16.3 Å². The summed E-state index contributed by atoms with van der Waals surface area (Å²) in [5.41, 5.74) is 0. The molecule has 0 fully saturated rings. The Morgan fingerprint density at radius 3 is 2.82 bits per heavy atom. The fourth-order valence-corrected chi connectivity index (χ4v) is 2.25. The molecule has 3 heteroatoms. The van der Waals surface area contributed by atoms with E-state index in [1.807, 2.05) is 24.0 Å². The van der Waals surface area contributed by atoms with Gasteiger partial charge >= 0.3 is 0 Å². The van der Waals surface area contributed by atoms with Crippen molar-refractivity contribution in [3.05, 3.63) is 22.0 Å². The first-order valence-corrected chi connectivity index (χ1v) is 5.43. The predicted octanol–water partition coefficient (Wildman–Crippen LogP) is 3.19. The summed E-state index contributed by atoms with van der Waals surface area (Å²) in [6, 6.07) is 4.09. The second kappa shape index (κ2) is 4.30. The third-order valence-electron chi connectivity index (χ3n) is 1.09. The molecule has 0 spiro atoms. The van der Waals surface area contributed by atoms with Gasteiger partial charge in [0.1, 0.15) is 3.70 Å². The van der Waals surface area contributed by atoms with E-state index in [0.717, 1.165) is 3.70 Å². The molecule has 1 aromatic rings. The van der Waals surface area contributed by atoms with Gasteiger partial charge in [0.2, 0.25) is 0 Å². The van der Waals surface area contributed by atoms with Crippen LogP contribution in [0.2, 0.25) is 0 Å². The lowest BCUT2D eigenvalue weighted by molar-refractivity contribution is 1.09. The average Bonchev–Trinajstić information content (AvgIpc) is 1.93. The smallest absolute Gasteiger partial charge is 0.114 e. The van der Waals surface area contributed by atoms with Crippen molar-refractivity contribution in [2.24, 2.45) is 0 Å². The lowest BCUT2D eigenvalue weighted by Gasteiger charge is -2.04. The maximum Gasteiger partial charge on any atom is 0.114 e. The molecule has 1 nitrogen and oxygen atoms in total. The first-order chi connectivity index (χ1) is 5.20. The van der Waals surface area contributed by atoms with E-state index in [9.17, 15) is 0 Å². The van der Waals surface area contributed by atoms with Crippen molar-refractivity contribution >= 4 is 34.4 Å². The zero-order valence-electron chi connectivity index (χ0n) is 6.54. The number of aromatic nitrogens is 1. The molecule has 1 aromatic heterocycles. The number of halogens is 1. The Morgan fingerprint density at radius 1 is 1.55 bits per heavy atom. The molecule has 0 aliphatic rings. The van der Waals surface area contributed by atoms with Crippen LogP contribution < -0.4 is 0 Å². The molecule has 0 atom stereocenters. The second-order valence-corrected chi connectivity index (χ2v) is 5.10. The quantitative estimate of drug-likeness (QED) is 0.468. The van der Waals surface area contributed by atoms with Gasteiger partial charge in [-0.2, -0.15) is 0 Å². The predicted molar refractivity (Wildman–Crippen MR) is 57.9 cm³/mol. The molecule has 0 aliphatic carbocycles. The maximum atomic E-state index is 4.20. The SMILES string of the molecule is CC(C)Sc1cccnc1I. The van der Waals surface area contributed by atoms with Crippen LogP contribution in [0.1, 0.15) is 13.8 Å². The number of rotatable bonds is 2. The normalized spacial score (nSPS) is 10.5. The topological polar surface area (TPSA) is 12.9 Å². The van der Waals surface area contributed by atoms with Gasteiger partial charge in [-0.25, -0.2) is 4.98 Å². The van der Waals surface area contributed by atoms with Crippen LogP contribution in [-0.4, -0.2) is 10.2 Å². The Bertz CT molecular complexity index is 237. The molecule has 11 heavy (non-hydrogen) atoms. The third-order valence-corrected chi connectivity index (χ3v) is 3.37. The van der Waals surface area contributed by atoms with E-state index < -0.39 is 0 Å². The molecule has 0 saturated carbocycles. The molecule has 0 radical (unpaired) electrons. The maximum absolute atomic E-state index is 4.20. The Kier molecular flexibility index (Phi) is 3.65. The van der Waals surface area contributed by atoms with E-state index in [-0.39, 0.29) is 0 Å². The highest BCUT2D eigenvalue weighted by molar-refractivity contribution is 14.1. The number of thioether (sulfide) groups is 1. The summed E-state index contributed by atoms with van der Waals surface area (Å²) in [7, 11) is 0. The van der Waals surface area contributed by atoms with Gasteiger partial charge in [-0.05, 0) is 34.7 Å². The molecule has 0 unspecified atom stereocenters. The summed E-state index contributed by atoms with van der Waals surface area (Å²) in [5, 5.41) is 0.632. The Morgan fingerprint density at radius 2 is 2.27 bits per heavy atom. The summed E-state index contributed by atoms with van der Waals surface area (Å²) in [5.74, 6) is 0. The molecule has 0 saturated heterocycles. The highest BCUT2D eigenvalue weighted by Gasteiger charge is 2.01. The molecule has 60 valence electrons. The molecule has 1 heterocycles. The minimum absolute atomic E-state index is 0.632. The number of pyridine rings is 1. The van der Waals surface area contributed by atoms with Gasteiger partial charge in [0.05, 0.1) is 0 Å². The highest BCUT2D eigenvalue weighted by Crippen LogP contribution is 2.25. The summed E-state index contributed by atoms with van der Waals surface area (Å²) in [6.07, 6.45) is 1.83. The second-order valence-electron chi connectivity index (χ2n) is 2.46. The van der Waals surface area contributed by atoms with Gasteiger partial charge < -0.3 is 0 Å². The first-order valence-electron chi connectivity index (χ1n) is 3.47. The zero-order valence-corrected chi connectivity index (χ0v) is 9.52. The van der Waals surface area contributed by atoms with Crippen molar-refractivity contribution in [2.75, 3.05) is 0 Å². The minimum Gasteiger partial charge on any atom is -0.249 e. The first kappa shape index (κ1) is 9.32. The minimum atomic E-state index is 0.632. The van der Waals surface area contributed by atoms with Crippen molar-refractivity contribution in [1.29, 1.82) is 0 Å². The van der Waals surface area contributed by atoms with Crippen LogP contribution in [-0.2, 0) is 0 Å². The molecular weight excluding hydrogens is 269 g/mol. The van der Waals surface area contributed by atoms with Crippen molar-refractivity contribution in [2.45, 2.75) is 24.0 Å². The number of hydrogen-bond acceptors (Lipinski definition) is 2. The van der Waals surface area contributed by atoms with Crippen molar-refractivity contribution in [3.8, 4) is 0 Å². The van der Waals surface area contributed by atoms with E-state index in [0.29, 0.717) is 5.25 Å². The van der Waals surface area contributed by atoms with Gasteiger partial charge in [-0.3, -0.25) is 0 Å². The summed E-state index contributed by atoms with van der Waals surface area (Å²) < 4.78 is 1.10. The molecule has 0 aromatic carbocycles. The van der Waals surface area contributed by atoms with Crippen LogP contribution in [0.5, 0.6) is 0 Å². The van der Waals surface area contributed by atoms with Crippen molar-refractivity contribution < 1.29 is 0 Å². The molecule has 0 aliphatic heterocycles. The van der Waals surface area contributed by atoms with Crippen LogP contribution in [0, 0.1) is 3.70 Å². The van der Waals surface area contributed by atoms with Crippen LogP contribution in [0.15, 0.2) is 23.2 Å². The monoisotopic (exact) mass is 279 g/mol. The molecule has 0 amide bonds. The van der Waals surface area contributed by atoms with Crippen molar-refractivity contribution in [1.82, 2.24) is 4.98 Å². The number of hydrogen-bond donors (Lipinski definition) is 0. The lowest BCUT2D eigenvalue weighted by Crippen LogP contribution is -1.89. The molecular formula is C8H10INS.